The Bertz CT molecular complexity index is 1030. The van der Waals surface area contributed by atoms with Gasteiger partial charge in [-0.3, -0.25) is 4.79 Å². The molecule has 154 valence electrons. The zero-order valence-corrected chi connectivity index (χ0v) is 17.2. The number of carbonyl (C=O) groups excluding carboxylic acids is 1. The minimum absolute atomic E-state index is 0.0509. The fourth-order valence-corrected chi connectivity index (χ4v) is 4.10. The van der Waals surface area contributed by atoms with E-state index in [9.17, 15) is 9.90 Å². The lowest BCUT2D eigenvalue weighted by molar-refractivity contribution is -0.132. The van der Waals surface area contributed by atoms with Gasteiger partial charge in [0.15, 0.2) is 11.5 Å². The number of rotatable bonds is 5. The first-order chi connectivity index (χ1) is 14.6. The van der Waals surface area contributed by atoms with Crippen LogP contribution in [0.2, 0.25) is 0 Å². The molecule has 0 radical (unpaired) electrons. The van der Waals surface area contributed by atoms with Gasteiger partial charge in [0.25, 0.3) is 0 Å². The molecule has 0 spiro atoms. The van der Waals surface area contributed by atoms with Crippen molar-refractivity contribution in [1.82, 2.24) is 4.90 Å². The molecule has 30 heavy (non-hydrogen) atoms. The second-order valence-corrected chi connectivity index (χ2v) is 7.40. The number of methoxy groups -OCH3 is 2. The summed E-state index contributed by atoms with van der Waals surface area (Å²) in [6, 6.07) is 20.7. The van der Waals surface area contributed by atoms with E-state index in [-0.39, 0.29) is 24.1 Å². The van der Waals surface area contributed by atoms with Crippen molar-refractivity contribution < 1.29 is 19.4 Å². The monoisotopic (exact) mass is 403 g/mol. The van der Waals surface area contributed by atoms with Crippen LogP contribution in [0.1, 0.15) is 28.3 Å². The Morgan fingerprint density at radius 2 is 1.67 bits per heavy atom. The maximum Gasteiger partial charge on any atom is 0.227 e. The van der Waals surface area contributed by atoms with Crippen molar-refractivity contribution in [2.24, 2.45) is 0 Å². The molecule has 1 heterocycles. The van der Waals surface area contributed by atoms with Gasteiger partial charge < -0.3 is 19.5 Å². The molecule has 5 nitrogen and oxygen atoms in total. The predicted octanol–water partition coefficient (Wildman–Crippen LogP) is 4.13. The molecule has 1 N–H and O–H groups in total. The van der Waals surface area contributed by atoms with Gasteiger partial charge >= 0.3 is 0 Å². The Morgan fingerprint density at radius 1 is 1.00 bits per heavy atom. The highest BCUT2D eigenvalue weighted by Gasteiger charge is 2.33. The SMILES string of the molecule is COc1cc2c(cc1OC)C(c1ccccc1)N(C(=O)Cc1ccc(O)cc1)CC2. The number of aromatic hydroxyl groups is 1. The first-order valence-electron chi connectivity index (χ1n) is 9.98. The Morgan fingerprint density at radius 3 is 2.33 bits per heavy atom. The second-order valence-electron chi connectivity index (χ2n) is 7.40. The number of phenols is 1. The lowest BCUT2D eigenvalue weighted by Crippen LogP contribution is -2.41. The number of benzene rings is 3. The molecule has 0 bridgehead atoms. The summed E-state index contributed by atoms with van der Waals surface area (Å²) in [5.41, 5.74) is 4.16. The molecular formula is C25H25NO4. The third kappa shape index (κ3) is 3.83. The summed E-state index contributed by atoms with van der Waals surface area (Å²) in [4.78, 5) is 15.3. The van der Waals surface area contributed by atoms with Gasteiger partial charge in [-0.05, 0) is 52.9 Å². The fraction of sp³-hybridized carbons (Fsp3) is 0.240. The maximum absolute atomic E-state index is 13.3. The number of fused-ring (bicyclic) bond motifs is 1. The van der Waals surface area contributed by atoms with Gasteiger partial charge in [0.1, 0.15) is 5.75 Å². The van der Waals surface area contributed by atoms with Gasteiger partial charge in [0, 0.05) is 6.54 Å². The van der Waals surface area contributed by atoms with Crippen molar-refractivity contribution in [3.05, 3.63) is 89.0 Å². The molecule has 1 aliphatic heterocycles. The Hall–Kier alpha value is -3.47. The average molecular weight is 403 g/mol. The van der Waals surface area contributed by atoms with Gasteiger partial charge in [-0.1, -0.05) is 42.5 Å². The van der Waals surface area contributed by atoms with E-state index in [0.717, 1.165) is 28.7 Å². The third-order valence-corrected chi connectivity index (χ3v) is 5.60. The molecule has 3 aromatic rings. The summed E-state index contributed by atoms with van der Waals surface area (Å²) in [5.74, 6) is 1.60. The highest BCUT2D eigenvalue weighted by atomic mass is 16.5. The number of hydrogen-bond donors (Lipinski definition) is 1. The smallest absolute Gasteiger partial charge is 0.227 e. The molecule has 1 unspecified atom stereocenters. The maximum atomic E-state index is 13.3. The standard InChI is InChI=1S/C25H25NO4/c1-29-22-15-19-12-13-26(24(28)14-17-8-10-20(27)11-9-17)25(18-6-4-3-5-7-18)21(19)16-23(22)30-2/h3-11,15-16,25,27H,12-14H2,1-2H3. The van der Waals surface area contributed by atoms with E-state index in [1.807, 2.05) is 35.2 Å². The highest BCUT2D eigenvalue weighted by Crippen LogP contribution is 2.41. The lowest BCUT2D eigenvalue weighted by atomic mass is 9.87. The van der Waals surface area contributed by atoms with Crippen LogP contribution >= 0.6 is 0 Å². The molecule has 0 aliphatic carbocycles. The first-order valence-corrected chi connectivity index (χ1v) is 9.98. The number of ether oxygens (including phenoxy) is 2. The molecule has 5 heteroatoms. The van der Waals surface area contributed by atoms with E-state index < -0.39 is 0 Å². The molecule has 0 saturated heterocycles. The molecule has 1 atom stereocenters. The van der Waals surface area contributed by atoms with Gasteiger partial charge in [-0.15, -0.1) is 0 Å². The summed E-state index contributed by atoms with van der Waals surface area (Å²) < 4.78 is 11.0. The number of nitrogens with zero attached hydrogens (tertiary/aromatic N) is 1. The second kappa shape index (κ2) is 8.49. The predicted molar refractivity (Wildman–Crippen MR) is 115 cm³/mol. The zero-order valence-electron chi connectivity index (χ0n) is 17.2. The number of amides is 1. The number of hydrogen-bond acceptors (Lipinski definition) is 4. The molecule has 4 rings (SSSR count). The van der Waals surface area contributed by atoms with Crippen LogP contribution < -0.4 is 9.47 Å². The van der Waals surface area contributed by atoms with Crippen LogP contribution in [-0.2, 0) is 17.6 Å². The molecule has 0 fully saturated rings. The van der Waals surface area contributed by atoms with E-state index in [2.05, 4.69) is 12.1 Å². The van der Waals surface area contributed by atoms with Crippen molar-refractivity contribution >= 4 is 5.91 Å². The minimum atomic E-state index is -0.195. The van der Waals surface area contributed by atoms with Gasteiger partial charge in [-0.25, -0.2) is 0 Å². The van der Waals surface area contributed by atoms with Crippen LogP contribution in [0.4, 0.5) is 0 Å². The van der Waals surface area contributed by atoms with Crippen LogP contribution in [0, 0.1) is 0 Å². The Kier molecular flexibility index (Phi) is 5.61. The van der Waals surface area contributed by atoms with Crippen molar-refractivity contribution in [2.75, 3.05) is 20.8 Å². The third-order valence-electron chi connectivity index (χ3n) is 5.60. The largest absolute Gasteiger partial charge is 0.508 e. The lowest BCUT2D eigenvalue weighted by Gasteiger charge is -2.38. The van der Waals surface area contributed by atoms with Crippen molar-refractivity contribution in [3.63, 3.8) is 0 Å². The topological polar surface area (TPSA) is 59.0 Å². The van der Waals surface area contributed by atoms with E-state index >= 15 is 0 Å². The molecule has 1 aliphatic rings. The van der Waals surface area contributed by atoms with E-state index in [1.165, 1.54) is 0 Å². The highest BCUT2D eigenvalue weighted by molar-refractivity contribution is 5.80. The van der Waals surface area contributed by atoms with Crippen LogP contribution in [0.3, 0.4) is 0 Å². The Labute approximate surface area is 176 Å². The quantitative estimate of drug-likeness (QED) is 0.696. The van der Waals surface area contributed by atoms with Crippen molar-refractivity contribution in [2.45, 2.75) is 18.9 Å². The van der Waals surface area contributed by atoms with Crippen molar-refractivity contribution in [1.29, 1.82) is 0 Å². The van der Waals surface area contributed by atoms with E-state index in [0.29, 0.717) is 18.0 Å². The van der Waals surface area contributed by atoms with Crippen LogP contribution in [0.25, 0.3) is 0 Å². The summed E-state index contributed by atoms with van der Waals surface area (Å²) in [5, 5.41) is 9.51. The normalized spacial score (nSPS) is 15.4. The number of phenolic OH excluding ortho intramolecular Hbond substituents is 1. The minimum Gasteiger partial charge on any atom is -0.508 e. The zero-order chi connectivity index (χ0) is 21.1. The van der Waals surface area contributed by atoms with E-state index in [1.54, 1.807) is 38.5 Å². The van der Waals surface area contributed by atoms with Crippen LogP contribution in [0.15, 0.2) is 66.7 Å². The molecule has 1 amide bonds. The van der Waals surface area contributed by atoms with Crippen LogP contribution in [0.5, 0.6) is 17.2 Å². The molecule has 0 aromatic heterocycles. The first kappa shape index (κ1) is 19.8. The van der Waals surface area contributed by atoms with E-state index in [4.69, 9.17) is 9.47 Å². The van der Waals surface area contributed by atoms with Gasteiger partial charge in [-0.2, -0.15) is 0 Å². The summed E-state index contributed by atoms with van der Waals surface area (Å²) in [6.07, 6.45) is 1.03. The summed E-state index contributed by atoms with van der Waals surface area (Å²) in [6.45, 7) is 0.624. The Balaban J connectivity index is 1.74. The van der Waals surface area contributed by atoms with Crippen molar-refractivity contribution in [3.8, 4) is 17.2 Å². The molecule has 3 aromatic carbocycles. The van der Waals surface area contributed by atoms with Gasteiger partial charge in [0.05, 0.1) is 26.7 Å². The van der Waals surface area contributed by atoms with Gasteiger partial charge in [0.2, 0.25) is 5.91 Å². The molecule has 0 saturated carbocycles. The number of carbonyl (C=O) groups is 1. The van der Waals surface area contributed by atoms with Crippen LogP contribution in [-0.4, -0.2) is 36.7 Å². The average Bonchev–Trinajstić information content (AvgIpc) is 2.79. The molecular weight excluding hydrogens is 378 g/mol. The fourth-order valence-electron chi connectivity index (χ4n) is 4.10. The summed E-state index contributed by atoms with van der Waals surface area (Å²) in [7, 11) is 3.26. The summed E-state index contributed by atoms with van der Waals surface area (Å²) >= 11 is 0.